The highest BCUT2D eigenvalue weighted by Crippen LogP contribution is 2.30. The molecule has 3 rings (SSSR count). The van der Waals surface area contributed by atoms with Gasteiger partial charge < -0.3 is 14.2 Å². The molecule has 1 aliphatic rings. The largest absolute Gasteiger partial charge is 0.468 e. The Bertz CT molecular complexity index is 1010. The van der Waals surface area contributed by atoms with Crippen LogP contribution >= 0.6 is 12.2 Å². The van der Waals surface area contributed by atoms with Gasteiger partial charge in [0.2, 0.25) is 0 Å². The molecule has 0 unspecified atom stereocenters. The third-order valence-corrected chi connectivity index (χ3v) is 5.76. The lowest BCUT2D eigenvalue weighted by molar-refractivity contribution is -0.140. The highest BCUT2D eigenvalue weighted by atomic mass is 32.1. The molecule has 0 N–H and O–H groups in total. The van der Waals surface area contributed by atoms with E-state index in [1.807, 2.05) is 51.2 Å². The number of esters is 1. The van der Waals surface area contributed by atoms with Crippen LogP contribution in [-0.4, -0.2) is 40.1 Å². The molecule has 0 spiro atoms. The van der Waals surface area contributed by atoms with E-state index < -0.39 is 5.97 Å². The summed E-state index contributed by atoms with van der Waals surface area (Å²) in [6, 6.07) is 9.71. The first kappa shape index (κ1) is 20.8. The molecule has 152 valence electrons. The maximum absolute atomic E-state index is 13.3. The Morgan fingerprint density at radius 1 is 1.21 bits per heavy atom. The number of thiocarbonyl (C=S) groups is 1. The smallest absolute Gasteiger partial charge is 0.325 e. The fraction of sp³-hybridized carbons (Fsp3) is 0.318. The van der Waals surface area contributed by atoms with Crippen molar-refractivity contribution >= 4 is 41.0 Å². The maximum Gasteiger partial charge on any atom is 0.325 e. The Morgan fingerprint density at radius 2 is 1.86 bits per heavy atom. The molecule has 0 bridgehead atoms. The zero-order chi connectivity index (χ0) is 21.3. The van der Waals surface area contributed by atoms with E-state index in [0.717, 1.165) is 23.4 Å². The second-order valence-electron chi connectivity index (χ2n) is 7.02. The van der Waals surface area contributed by atoms with Crippen molar-refractivity contribution in [3.63, 3.8) is 0 Å². The zero-order valence-corrected chi connectivity index (χ0v) is 18.2. The molecule has 7 heteroatoms. The number of carbonyl (C=O) groups excluding carboxylic acids is 2. The van der Waals surface area contributed by atoms with Gasteiger partial charge in [-0.3, -0.25) is 14.5 Å². The van der Waals surface area contributed by atoms with Crippen LogP contribution in [0.15, 0.2) is 36.0 Å². The Kier molecular flexibility index (Phi) is 5.88. The summed E-state index contributed by atoms with van der Waals surface area (Å²) in [5.74, 6) is -0.723. The lowest BCUT2D eigenvalue weighted by atomic mass is 10.1. The third kappa shape index (κ3) is 3.82. The number of hydrogen-bond acceptors (Lipinski definition) is 4. The van der Waals surface area contributed by atoms with Crippen LogP contribution in [0.25, 0.3) is 6.08 Å². The molecule has 0 atom stereocenters. The lowest BCUT2D eigenvalue weighted by Crippen LogP contribution is -2.35. The van der Waals surface area contributed by atoms with Gasteiger partial charge in [0.15, 0.2) is 5.11 Å². The topological polar surface area (TPSA) is 54.8 Å². The zero-order valence-electron chi connectivity index (χ0n) is 17.4. The second-order valence-corrected chi connectivity index (χ2v) is 7.39. The fourth-order valence-corrected chi connectivity index (χ4v) is 3.66. The molecule has 1 amide bonds. The highest BCUT2D eigenvalue weighted by Gasteiger charge is 2.40. The summed E-state index contributed by atoms with van der Waals surface area (Å²) in [7, 11) is 3.29. The molecular weight excluding hydrogens is 386 g/mol. The van der Waals surface area contributed by atoms with Gasteiger partial charge in [-0.05, 0) is 67.9 Å². The molecule has 2 heterocycles. The van der Waals surface area contributed by atoms with E-state index in [2.05, 4.69) is 11.5 Å². The number of amides is 1. The average molecular weight is 412 g/mol. The number of ether oxygens (including phenoxy) is 1. The molecule has 29 heavy (non-hydrogen) atoms. The minimum Gasteiger partial charge on any atom is -0.468 e. The van der Waals surface area contributed by atoms with Crippen LogP contribution < -0.4 is 4.90 Å². The second kappa shape index (κ2) is 8.21. The van der Waals surface area contributed by atoms with Crippen molar-refractivity contribution < 1.29 is 14.3 Å². The quantitative estimate of drug-likeness (QED) is 0.429. The van der Waals surface area contributed by atoms with E-state index in [4.69, 9.17) is 17.0 Å². The summed E-state index contributed by atoms with van der Waals surface area (Å²) in [5.41, 5.74) is 5.22. The van der Waals surface area contributed by atoms with Crippen molar-refractivity contribution in [2.75, 3.05) is 18.6 Å². The van der Waals surface area contributed by atoms with Gasteiger partial charge in [-0.25, -0.2) is 0 Å². The van der Waals surface area contributed by atoms with Gasteiger partial charge in [0, 0.05) is 18.4 Å². The Hall–Kier alpha value is -2.93. The van der Waals surface area contributed by atoms with Crippen molar-refractivity contribution in [3.8, 4) is 0 Å². The average Bonchev–Trinajstić information content (AvgIpc) is 3.09. The van der Waals surface area contributed by atoms with Crippen molar-refractivity contribution in [1.82, 2.24) is 9.47 Å². The van der Waals surface area contributed by atoms with Gasteiger partial charge in [-0.2, -0.15) is 0 Å². The summed E-state index contributed by atoms with van der Waals surface area (Å²) in [6.45, 7) is 5.94. The third-order valence-electron chi connectivity index (χ3n) is 5.36. The van der Waals surface area contributed by atoms with Crippen molar-refractivity contribution in [3.05, 3.63) is 58.5 Å². The Morgan fingerprint density at radius 3 is 2.38 bits per heavy atom. The molecular formula is C22H25N3O3S. The van der Waals surface area contributed by atoms with Crippen LogP contribution in [-0.2, 0) is 27.8 Å². The normalized spacial score (nSPS) is 15.6. The summed E-state index contributed by atoms with van der Waals surface area (Å²) in [5, 5.41) is 0.265. The first-order valence-corrected chi connectivity index (χ1v) is 9.85. The van der Waals surface area contributed by atoms with Gasteiger partial charge in [-0.1, -0.05) is 19.1 Å². The monoisotopic (exact) mass is 411 g/mol. The number of methoxy groups -OCH3 is 1. The molecule has 6 nitrogen and oxygen atoms in total. The SMILES string of the molecule is CCc1ccc(N2C(=O)/C(=C/c3cc(C)n(C)c3C)N(CC(=O)OC)C2=S)cc1. The predicted molar refractivity (Wildman–Crippen MR) is 117 cm³/mol. The van der Waals surface area contributed by atoms with Crippen LogP contribution in [0.1, 0.15) is 29.4 Å². The number of aryl methyl sites for hydroxylation is 2. The molecule has 2 aromatic rings. The maximum atomic E-state index is 13.3. The van der Waals surface area contributed by atoms with Gasteiger partial charge in [0.1, 0.15) is 12.2 Å². The number of rotatable bonds is 5. The van der Waals surface area contributed by atoms with Crippen LogP contribution in [0.5, 0.6) is 0 Å². The van der Waals surface area contributed by atoms with Gasteiger partial charge in [0.05, 0.1) is 12.8 Å². The number of hydrogen-bond donors (Lipinski definition) is 0. The summed E-state index contributed by atoms with van der Waals surface area (Å²) in [6.07, 6.45) is 2.70. The summed E-state index contributed by atoms with van der Waals surface area (Å²) >= 11 is 5.58. The molecule has 1 saturated heterocycles. The van der Waals surface area contributed by atoms with Crippen LogP contribution in [0.3, 0.4) is 0 Å². The predicted octanol–water partition coefficient (Wildman–Crippen LogP) is 3.35. The molecule has 1 aromatic carbocycles. The Balaban J connectivity index is 2.07. The van der Waals surface area contributed by atoms with Crippen molar-refractivity contribution in [2.24, 2.45) is 7.05 Å². The van der Waals surface area contributed by atoms with Crippen molar-refractivity contribution in [1.29, 1.82) is 0 Å². The molecule has 0 aliphatic carbocycles. The van der Waals surface area contributed by atoms with Gasteiger partial charge >= 0.3 is 5.97 Å². The molecule has 0 saturated carbocycles. The first-order chi connectivity index (χ1) is 13.8. The molecule has 1 fully saturated rings. The van der Waals surface area contributed by atoms with Gasteiger partial charge in [-0.15, -0.1) is 0 Å². The van der Waals surface area contributed by atoms with E-state index in [-0.39, 0.29) is 17.6 Å². The summed E-state index contributed by atoms with van der Waals surface area (Å²) < 4.78 is 6.86. The first-order valence-electron chi connectivity index (χ1n) is 9.44. The van der Waals surface area contributed by atoms with Crippen molar-refractivity contribution in [2.45, 2.75) is 27.2 Å². The van der Waals surface area contributed by atoms with E-state index >= 15 is 0 Å². The standard InChI is InChI=1S/C22H25N3O3S/c1-6-16-7-9-18(10-8-16)25-21(27)19(24(22(25)29)13-20(26)28-5)12-17-11-14(2)23(4)15(17)3/h7-12H,6,13H2,1-5H3/b19-12-. The minimum atomic E-state index is -0.463. The van der Waals surface area contributed by atoms with E-state index in [1.54, 1.807) is 11.0 Å². The highest BCUT2D eigenvalue weighted by molar-refractivity contribution is 7.80. The summed E-state index contributed by atoms with van der Waals surface area (Å²) in [4.78, 5) is 28.3. The van der Waals surface area contributed by atoms with E-state index in [0.29, 0.717) is 11.4 Å². The number of benzene rings is 1. The van der Waals surface area contributed by atoms with Crippen LogP contribution in [0.4, 0.5) is 5.69 Å². The Labute approximate surface area is 176 Å². The fourth-order valence-electron chi connectivity index (χ4n) is 3.31. The minimum absolute atomic E-state index is 0.124. The number of anilines is 1. The number of nitrogens with zero attached hydrogens (tertiary/aromatic N) is 3. The van der Waals surface area contributed by atoms with E-state index in [1.165, 1.54) is 17.6 Å². The number of aromatic nitrogens is 1. The number of carbonyl (C=O) groups is 2. The van der Waals surface area contributed by atoms with Crippen LogP contribution in [0, 0.1) is 13.8 Å². The molecule has 0 radical (unpaired) electrons. The molecule has 1 aliphatic heterocycles. The van der Waals surface area contributed by atoms with Gasteiger partial charge in [0.25, 0.3) is 5.91 Å². The lowest BCUT2D eigenvalue weighted by Gasteiger charge is -2.19. The van der Waals surface area contributed by atoms with E-state index in [9.17, 15) is 9.59 Å². The van der Waals surface area contributed by atoms with Crippen LogP contribution in [0.2, 0.25) is 0 Å². The molecule has 1 aromatic heterocycles.